The first kappa shape index (κ1) is 10.3. The summed E-state index contributed by atoms with van der Waals surface area (Å²) < 4.78 is 0. The summed E-state index contributed by atoms with van der Waals surface area (Å²) in [7, 11) is 0. The van der Waals surface area contributed by atoms with Crippen molar-refractivity contribution in [2.75, 3.05) is 0 Å². The molecule has 0 atom stereocenters. The zero-order valence-corrected chi connectivity index (χ0v) is 9.62. The van der Waals surface area contributed by atoms with Crippen molar-refractivity contribution in [1.29, 1.82) is 0 Å². The van der Waals surface area contributed by atoms with Crippen molar-refractivity contribution in [2.45, 2.75) is 17.2 Å². The van der Waals surface area contributed by atoms with E-state index in [1.165, 1.54) is 5.56 Å². The number of allylic oxidation sites excluding steroid dienone is 6. The predicted octanol–water partition coefficient (Wildman–Crippen LogP) is 3.92. The molecular formula is C14H14S. The number of hydrogen-bond acceptors (Lipinski definition) is 1. The van der Waals surface area contributed by atoms with Gasteiger partial charge >= 0.3 is 0 Å². The van der Waals surface area contributed by atoms with E-state index < -0.39 is 0 Å². The quantitative estimate of drug-likeness (QED) is 0.673. The Labute approximate surface area is 96.4 Å². The van der Waals surface area contributed by atoms with Crippen LogP contribution in [0.4, 0.5) is 0 Å². The van der Waals surface area contributed by atoms with Gasteiger partial charge in [-0.1, -0.05) is 48.6 Å². The Kier molecular flexibility index (Phi) is 2.83. The zero-order chi connectivity index (χ0) is 10.7. The monoisotopic (exact) mass is 214 g/mol. The molecule has 15 heavy (non-hydrogen) atoms. The Morgan fingerprint density at radius 1 is 0.867 bits per heavy atom. The summed E-state index contributed by atoms with van der Waals surface area (Å²) in [6, 6.07) is 8.32. The number of rotatable bonds is 1. The minimum absolute atomic E-state index is 0.00895. The highest BCUT2D eigenvalue weighted by molar-refractivity contribution is 7.80. The molecule has 0 amide bonds. The fraction of sp³-hybridized carbons (Fsp3) is 0.143. The summed E-state index contributed by atoms with van der Waals surface area (Å²) in [6.07, 6.45) is 12.7. The van der Waals surface area contributed by atoms with Gasteiger partial charge in [0.05, 0.1) is 0 Å². The van der Waals surface area contributed by atoms with E-state index in [-0.39, 0.29) is 5.41 Å². The lowest BCUT2D eigenvalue weighted by Gasteiger charge is -2.22. The smallest absolute Gasteiger partial charge is 0.0289 e. The highest BCUT2D eigenvalue weighted by atomic mass is 32.1. The lowest BCUT2D eigenvalue weighted by atomic mass is 9.82. The molecule has 0 aromatic heterocycles. The van der Waals surface area contributed by atoms with Crippen LogP contribution in [0.25, 0.3) is 0 Å². The molecule has 0 bridgehead atoms. The van der Waals surface area contributed by atoms with Gasteiger partial charge in [0.25, 0.3) is 0 Å². The molecule has 0 nitrogen and oxygen atoms in total. The van der Waals surface area contributed by atoms with Crippen molar-refractivity contribution in [3.8, 4) is 0 Å². The first-order valence-corrected chi connectivity index (χ1v) is 5.49. The molecule has 0 radical (unpaired) electrons. The molecule has 0 N–H and O–H groups in total. The van der Waals surface area contributed by atoms with E-state index in [1.54, 1.807) is 0 Å². The molecular weight excluding hydrogens is 200 g/mol. The van der Waals surface area contributed by atoms with Crippen molar-refractivity contribution in [1.82, 2.24) is 0 Å². The van der Waals surface area contributed by atoms with Gasteiger partial charge in [-0.3, -0.25) is 0 Å². The molecule has 0 saturated heterocycles. The van der Waals surface area contributed by atoms with Crippen LogP contribution in [0.5, 0.6) is 0 Å². The first-order valence-electron chi connectivity index (χ1n) is 5.04. The van der Waals surface area contributed by atoms with Crippen LogP contribution in [0.1, 0.15) is 12.5 Å². The average Bonchev–Trinajstić information content (AvgIpc) is 2.45. The van der Waals surface area contributed by atoms with Gasteiger partial charge in [-0.2, -0.15) is 0 Å². The van der Waals surface area contributed by atoms with Crippen LogP contribution in [-0.2, 0) is 5.41 Å². The van der Waals surface area contributed by atoms with E-state index >= 15 is 0 Å². The second-order valence-corrected chi connectivity index (χ2v) is 4.45. The summed E-state index contributed by atoms with van der Waals surface area (Å²) in [4.78, 5) is 1.00. The average molecular weight is 214 g/mol. The van der Waals surface area contributed by atoms with Gasteiger partial charge in [-0.05, 0) is 24.6 Å². The lowest BCUT2D eigenvalue weighted by Crippen LogP contribution is -2.14. The van der Waals surface area contributed by atoms with Gasteiger partial charge in [0.2, 0.25) is 0 Å². The highest BCUT2D eigenvalue weighted by Crippen LogP contribution is 2.29. The van der Waals surface area contributed by atoms with Crippen molar-refractivity contribution >= 4 is 12.6 Å². The molecule has 1 aromatic carbocycles. The van der Waals surface area contributed by atoms with Gasteiger partial charge < -0.3 is 0 Å². The normalized spacial score (nSPS) is 17.7. The van der Waals surface area contributed by atoms with E-state index in [0.29, 0.717) is 0 Å². The Bertz CT molecular complexity index is 405. The van der Waals surface area contributed by atoms with E-state index in [0.717, 1.165) is 4.90 Å². The predicted molar refractivity (Wildman–Crippen MR) is 68.5 cm³/mol. The third-order valence-corrected chi connectivity index (χ3v) is 3.01. The molecule has 0 spiro atoms. The molecule has 1 aliphatic carbocycles. The molecule has 0 saturated carbocycles. The van der Waals surface area contributed by atoms with Crippen molar-refractivity contribution in [2.24, 2.45) is 0 Å². The van der Waals surface area contributed by atoms with Crippen LogP contribution in [0.15, 0.2) is 65.6 Å². The maximum absolute atomic E-state index is 4.30. The topological polar surface area (TPSA) is 0 Å². The van der Waals surface area contributed by atoms with Crippen LogP contribution in [0, 0.1) is 0 Å². The second kappa shape index (κ2) is 4.11. The van der Waals surface area contributed by atoms with Crippen LogP contribution in [0.3, 0.4) is 0 Å². The molecule has 1 aromatic rings. The summed E-state index contributed by atoms with van der Waals surface area (Å²) in [5, 5.41) is 0. The molecule has 76 valence electrons. The fourth-order valence-electron chi connectivity index (χ4n) is 1.71. The van der Waals surface area contributed by atoms with Crippen molar-refractivity contribution < 1.29 is 0 Å². The number of benzene rings is 1. The number of thiol groups is 1. The van der Waals surface area contributed by atoms with E-state index in [1.807, 2.05) is 12.1 Å². The van der Waals surface area contributed by atoms with Gasteiger partial charge in [-0.25, -0.2) is 0 Å². The SMILES string of the molecule is CC1(c2ccc(S)cc2)C=CC=CC=C1. The Hall–Kier alpha value is -1.21. The molecule has 1 heteroatoms. The molecule has 0 aliphatic heterocycles. The van der Waals surface area contributed by atoms with E-state index in [4.69, 9.17) is 0 Å². The highest BCUT2D eigenvalue weighted by Gasteiger charge is 2.19. The van der Waals surface area contributed by atoms with Crippen molar-refractivity contribution in [3.63, 3.8) is 0 Å². The van der Waals surface area contributed by atoms with Gasteiger partial charge in [0, 0.05) is 10.3 Å². The standard InChI is InChI=1S/C14H14S/c1-14(10-4-2-3-5-11-14)12-6-8-13(15)9-7-12/h2-11,15H,1H3. The van der Waals surface area contributed by atoms with Crippen LogP contribution in [-0.4, -0.2) is 0 Å². The van der Waals surface area contributed by atoms with Crippen LogP contribution < -0.4 is 0 Å². The summed E-state index contributed by atoms with van der Waals surface area (Å²) in [6.45, 7) is 2.21. The first-order chi connectivity index (χ1) is 7.21. The Morgan fingerprint density at radius 3 is 1.93 bits per heavy atom. The molecule has 0 fully saturated rings. The molecule has 0 heterocycles. The summed E-state index contributed by atoms with van der Waals surface area (Å²) in [5.74, 6) is 0. The fourth-order valence-corrected chi connectivity index (χ4v) is 1.86. The minimum atomic E-state index is -0.00895. The minimum Gasteiger partial charge on any atom is -0.143 e. The third-order valence-electron chi connectivity index (χ3n) is 2.71. The summed E-state index contributed by atoms with van der Waals surface area (Å²) in [5.41, 5.74) is 1.28. The van der Waals surface area contributed by atoms with Gasteiger partial charge in [0.15, 0.2) is 0 Å². The maximum atomic E-state index is 4.30. The van der Waals surface area contributed by atoms with Gasteiger partial charge in [0.1, 0.15) is 0 Å². The second-order valence-electron chi connectivity index (χ2n) is 3.93. The zero-order valence-electron chi connectivity index (χ0n) is 8.72. The Morgan fingerprint density at radius 2 is 1.40 bits per heavy atom. The lowest BCUT2D eigenvalue weighted by molar-refractivity contribution is 0.758. The van der Waals surface area contributed by atoms with Crippen LogP contribution in [0.2, 0.25) is 0 Å². The van der Waals surface area contributed by atoms with Gasteiger partial charge in [-0.15, -0.1) is 12.6 Å². The number of hydrogen-bond donors (Lipinski definition) is 1. The van der Waals surface area contributed by atoms with Crippen LogP contribution >= 0.6 is 12.6 Å². The largest absolute Gasteiger partial charge is 0.143 e. The maximum Gasteiger partial charge on any atom is 0.0289 e. The summed E-state index contributed by atoms with van der Waals surface area (Å²) >= 11 is 4.30. The molecule has 0 unspecified atom stereocenters. The molecule has 2 rings (SSSR count). The van der Waals surface area contributed by atoms with E-state index in [2.05, 4.69) is 68.1 Å². The van der Waals surface area contributed by atoms with E-state index in [9.17, 15) is 0 Å². The van der Waals surface area contributed by atoms with Crippen molar-refractivity contribution in [3.05, 3.63) is 66.3 Å². The Balaban J connectivity index is 2.41. The molecule has 1 aliphatic rings. The third kappa shape index (κ3) is 2.24.